The molecule has 0 aliphatic rings. The van der Waals surface area contributed by atoms with Gasteiger partial charge < -0.3 is 11.1 Å². The maximum absolute atomic E-state index is 11.2. The van der Waals surface area contributed by atoms with Crippen LogP contribution in [-0.4, -0.2) is 12.5 Å². The Morgan fingerprint density at radius 1 is 1.12 bits per heavy atom. The van der Waals surface area contributed by atoms with E-state index in [-0.39, 0.29) is 18.3 Å². The van der Waals surface area contributed by atoms with Crippen molar-refractivity contribution in [2.45, 2.75) is 33.7 Å². The van der Waals surface area contributed by atoms with Crippen molar-refractivity contribution in [1.82, 2.24) is 5.32 Å². The monoisotopic (exact) mass is 346 g/mol. The lowest BCUT2D eigenvalue weighted by Gasteiger charge is -2.10. The third-order valence-electron chi connectivity index (χ3n) is 4.00. The molecular weight excluding hydrogens is 320 g/mol. The number of rotatable bonds is 7. The maximum Gasteiger partial charge on any atom is 0.248 e. The number of nitrogens with one attached hydrogen (secondary N) is 1. The number of carbonyl (C=O) groups excluding carboxylic acids is 1. The number of amides is 1. The van der Waals surface area contributed by atoms with Gasteiger partial charge in [0.05, 0.1) is 0 Å². The molecule has 0 unspecified atom stereocenters. The first-order valence-corrected chi connectivity index (χ1v) is 8.18. The summed E-state index contributed by atoms with van der Waals surface area (Å²) in [7, 11) is 0. The molecule has 2 aromatic carbocycles. The van der Waals surface area contributed by atoms with E-state index < -0.39 is 0 Å². The van der Waals surface area contributed by atoms with Crippen LogP contribution in [-0.2, 0) is 6.54 Å². The van der Waals surface area contributed by atoms with E-state index in [4.69, 9.17) is 5.73 Å². The van der Waals surface area contributed by atoms with Gasteiger partial charge in [0.25, 0.3) is 0 Å². The molecule has 0 spiro atoms. The van der Waals surface area contributed by atoms with Crippen LogP contribution in [0.15, 0.2) is 42.5 Å². The van der Waals surface area contributed by atoms with Gasteiger partial charge in [-0.05, 0) is 60.2 Å². The van der Waals surface area contributed by atoms with E-state index in [2.05, 4.69) is 43.4 Å². The first-order valence-electron chi connectivity index (χ1n) is 8.18. The van der Waals surface area contributed by atoms with Gasteiger partial charge in [0.15, 0.2) is 0 Å². The molecule has 3 nitrogen and oxygen atoms in total. The summed E-state index contributed by atoms with van der Waals surface area (Å²) in [4.78, 5) is 11.2. The summed E-state index contributed by atoms with van der Waals surface area (Å²) in [5.41, 5.74) is 10.5. The van der Waals surface area contributed by atoms with Gasteiger partial charge >= 0.3 is 0 Å². The minimum Gasteiger partial charge on any atom is -0.366 e. The van der Waals surface area contributed by atoms with Gasteiger partial charge in [-0.25, -0.2) is 0 Å². The molecule has 3 N–H and O–H groups in total. The van der Waals surface area contributed by atoms with E-state index in [1.807, 2.05) is 19.1 Å². The lowest BCUT2D eigenvalue weighted by Crippen LogP contribution is -2.16. The smallest absolute Gasteiger partial charge is 0.248 e. The summed E-state index contributed by atoms with van der Waals surface area (Å²) in [5.74, 6) is 0.346. The average molecular weight is 347 g/mol. The number of nitrogens with two attached hydrogens (primary N) is 1. The third kappa shape index (κ3) is 5.66. The first-order chi connectivity index (χ1) is 11.0. The van der Waals surface area contributed by atoms with Gasteiger partial charge in [0.1, 0.15) is 0 Å². The Hall–Kier alpha value is -1.84. The third-order valence-corrected chi connectivity index (χ3v) is 4.00. The molecule has 0 fully saturated rings. The number of carbonyl (C=O) groups is 1. The minimum absolute atomic E-state index is 0. The molecular formula is C20H27ClN2O. The molecule has 4 heteroatoms. The van der Waals surface area contributed by atoms with Gasteiger partial charge in [-0.2, -0.15) is 0 Å². The van der Waals surface area contributed by atoms with Crippen molar-refractivity contribution in [3.63, 3.8) is 0 Å². The maximum atomic E-state index is 11.2. The fraction of sp³-hybridized carbons (Fsp3) is 0.350. The molecule has 2 aromatic rings. The van der Waals surface area contributed by atoms with Crippen LogP contribution in [0.5, 0.6) is 0 Å². The molecule has 2 rings (SSSR count). The van der Waals surface area contributed by atoms with Crippen molar-refractivity contribution in [2.24, 2.45) is 11.7 Å². The van der Waals surface area contributed by atoms with Gasteiger partial charge in [-0.3, -0.25) is 4.79 Å². The standard InChI is InChI=1S/C20H26N2O.ClH/c1-14(2)10-11-22-13-16-4-6-17(7-5-16)19-9-8-18(20(21)23)12-15(19)3;/h4-9,12,14,22H,10-11,13H2,1-3H3,(H2,21,23);1H. The molecule has 0 radical (unpaired) electrons. The van der Waals surface area contributed by atoms with Gasteiger partial charge in [-0.15, -0.1) is 12.4 Å². The van der Waals surface area contributed by atoms with Crippen LogP contribution in [0.25, 0.3) is 11.1 Å². The largest absolute Gasteiger partial charge is 0.366 e. The van der Waals surface area contributed by atoms with Crippen LogP contribution < -0.4 is 11.1 Å². The highest BCUT2D eigenvalue weighted by molar-refractivity contribution is 5.93. The van der Waals surface area contributed by atoms with Crippen molar-refractivity contribution in [3.8, 4) is 11.1 Å². The molecule has 0 saturated carbocycles. The molecule has 0 saturated heterocycles. The van der Waals surface area contributed by atoms with Crippen LogP contribution in [0.4, 0.5) is 0 Å². The van der Waals surface area contributed by atoms with Crippen LogP contribution in [0.1, 0.15) is 41.8 Å². The summed E-state index contributed by atoms with van der Waals surface area (Å²) < 4.78 is 0. The van der Waals surface area contributed by atoms with E-state index in [0.717, 1.165) is 35.7 Å². The summed E-state index contributed by atoms with van der Waals surface area (Å²) in [5, 5.41) is 3.47. The van der Waals surface area contributed by atoms with Crippen LogP contribution in [0.2, 0.25) is 0 Å². The van der Waals surface area contributed by atoms with Crippen molar-refractivity contribution < 1.29 is 4.79 Å². The van der Waals surface area contributed by atoms with Crippen molar-refractivity contribution in [3.05, 3.63) is 59.2 Å². The fourth-order valence-electron chi connectivity index (χ4n) is 2.57. The Morgan fingerprint density at radius 3 is 2.33 bits per heavy atom. The quantitative estimate of drug-likeness (QED) is 0.733. The van der Waals surface area contributed by atoms with Crippen LogP contribution >= 0.6 is 12.4 Å². The highest BCUT2D eigenvalue weighted by Crippen LogP contribution is 2.24. The predicted octanol–water partition coefficient (Wildman–Crippen LogP) is 4.32. The van der Waals surface area contributed by atoms with Crippen LogP contribution in [0, 0.1) is 12.8 Å². The predicted molar refractivity (Wildman–Crippen MR) is 104 cm³/mol. The number of halogens is 1. The number of hydrogen-bond donors (Lipinski definition) is 2. The summed E-state index contributed by atoms with van der Waals surface area (Å²) in [6.45, 7) is 8.42. The molecule has 130 valence electrons. The van der Waals surface area contributed by atoms with Gasteiger partial charge in [0, 0.05) is 12.1 Å². The molecule has 1 amide bonds. The second-order valence-corrected chi connectivity index (χ2v) is 6.45. The molecule has 24 heavy (non-hydrogen) atoms. The molecule has 0 atom stereocenters. The number of hydrogen-bond acceptors (Lipinski definition) is 2. The normalized spacial score (nSPS) is 10.5. The second-order valence-electron chi connectivity index (χ2n) is 6.45. The van der Waals surface area contributed by atoms with E-state index >= 15 is 0 Å². The van der Waals surface area contributed by atoms with E-state index in [1.54, 1.807) is 6.07 Å². The Morgan fingerprint density at radius 2 is 1.79 bits per heavy atom. The minimum atomic E-state index is -0.387. The fourth-order valence-corrected chi connectivity index (χ4v) is 2.57. The summed E-state index contributed by atoms with van der Waals surface area (Å²) in [6, 6.07) is 14.2. The van der Waals surface area contributed by atoms with Crippen molar-refractivity contribution in [2.75, 3.05) is 6.54 Å². The molecule has 0 aromatic heterocycles. The van der Waals surface area contributed by atoms with E-state index in [1.165, 1.54) is 12.0 Å². The van der Waals surface area contributed by atoms with Crippen LogP contribution in [0.3, 0.4) is 0 Å². The summed E-state index contributed by atoms with van der Waals surface area (Å²) in [6.07, 6.45) is 1.20. The van der Waals surface area contributed by atoms with Crippen molar-refractivity contribution >= 4 is 18.3 Å². The molecule has 0 heterocycles. The van der Waals surface area contributed by atoms with Crippen molar-refractivity contribution in [1.29, 1.82) is 0 Å². The topological polar surface area (TPSA) is 55.1 Å². The summed E-state index contributed by atoms with van der Waals surface area (Å²) >= 11 is 0. The highest BCUT2D eigenvalue weighted by Gasteiger charge is 2.06. The SMILES string of the molecule is Cc1cc(C(N)=O)ccc1-c1ccc(CNCCC(C)C)cc1.Cl. The molecule has 0 aliphatic carbocycles. The zero-order valence-electron chi connectivity index (χ0n) is 14.6. The van der Waals surface area contributed by atoms with E-state index in [9.17, 15) is 4.79 Å². The Balaban J connectivity index is 0.00000288. The zero-order valence-corrected chi connectivity index (χ0v) is 15.5. The zero-order chi connectivity index (χ0) is 16.8. The highest BCUT2D eigenvalue weighted by atomic mass is 35.5. The second kappa shape index (κ2) is 9.45. The number of aryl methyl sites for hydroxylation is 1. The first kappa shape index (κ1) is 20.2. The Labute approximate surface area is 151 Å². The number of primary amides is 1. The number of benzene rings is 2. The van der Waals surface area contributed by atoms with Gasteiger partial charge in [-0.1, -0.05) is 44.2 Å². The Bertz CT molecular complexity index is 666. The lowest BCUT2D eigenvalue weighted by atomic mass is 9.97. The lowest BCUT2D eigenvalue weighted by molar-refractivity contribution is 0.1000. The molecule has 0 bridgehead atoms. The Kier molecular flexibility index (Phi) is 7.96. The molecule has 0 aliphatic heterocycles. The average Bonchev–Trinajstić information content (AvgIpc) is 2.52. The van der Waals surface area contributed by atoms with Gasteiger partial charge in [0.2, 0.25) is 5.91 Å². The van der Waals surface area contributed by atoms with E-state index in [0.29, 0.717) is 5.56 Å².